The van der Waals surface area contributed by atoms with E-state index in [1.165, 1.54) is 6.07 Å². The van der Waals surface area contributed by atoms with Crippen LogP contribution in [-0.4, -0.2) is 16.9 Å². The molecular weight excluding hydrogens is 298 g/mol. The Balaban J connectivity index is 1.79. The van der Waals surface area contributed by atoms with E-state index in [1.54, 1.807) is 30.6 Å². The molecule has 0 spiro atoms. The summed E-state index contributed by atoms with van der Waals surface area (Å²) in [5, 5.41) is 5.39. The van der Waals surface area contributed by atoms with Crippen LogP contribution in [0.3, 0.4) is 0 Å². The summed E-state index contributed by atoms with van der Waals surface area (Å²) >= 11 is 0. The number of aromatic amines is 1. The van der Waals surface area contributed by atoms with Crippen molar-refractivity contribution in [1.82, 2.24) is 15.6 Å². The van der Waals surface area contributed by atoms with Crippen molar-refractivity contribution in [2.24, 2.45) is 0 Å². The molecule has 2 aromatic heterocycles. The quantitative estimate of drug-likeness (QED) is 0.626. The number of carbonyl (C=O) groups excluding carboxylic acids is 2. The molecule has 1 aliphatic heterocycles. The highest BCUT2D eigenvalue weighted by atomic mass is 16.3. The van der Waals surface area contributed by atoms with Crippen LogP contribution in [0.2, 0.25) is 0 Å². The zero-order valence-corrected chi connectivity index (χ0v) is 11.8. The van der Waals surface area contributed by atoms with Gasteiger partial charge < -0.3 is 14.7 Å². The number of H-pyrrole nitrogens is 1. The second-order valence-electron chi connectivity index (χ2n) is 5.22. The number of hydrogen-bond acceptors (Lipinski definition) is 4. The number of benzene rings is 1. The standard InChI is InChI=1S/C16H11N3O4/c20-11-3-4-17-7-10(11)8-1-2-12-9(5-8)6-13(23-12)14-15(21)19-16(22)18-14/h1-7,14H,(H,17,20)(H2,18,19,21,22). The van der Waals surface area contributed by atoms with Gasteiger partial charge in [-0.15, -0.1) is 0 Å². The fourth-order valence-electron chi connectivity index (χ4n) is 2.63. The minimum absolute atomic E-state index is 0.0887. The van der Waals surface area contributed by atoms with E-state index in [-0.39, 0.29) is 5.43 Å². The minimum Gasteiger partial charge on any atom is -0.458 e. The molecule has 1 aromatic carbocycles. The Hall–Kier alpha value is -3.35. The van der Waals surface area contributed by atoms with Crippen molar-refractivity contribution in [2.45, 2.75) is 6.04 Å². The van der Waals surface area contributed by atoms with E-state index in [1.807, 2.05) is 6.07 Å². The van der Waals surface area contributed by atoms with E-state index >= 15 is 0 Å². The normalized spacial score (nSPS) is 17.3. The van der Waals surface area contributed by atoms with E-state index in [9.17, 15) is 14.4 Å². The molecule has 23 heavy (non-hydrogen) atoms. The van der Waals surface area contributed by atoms with Gasteiger partial charge in [0.2, 0.25) is 0 Å². The summed E-state index contributed by atoms with van der Waals surface area (Å²) in [7, 11) is 0. The Bertz CT molecular complexity index is 1000. The van der Waals surface area contributed by atoms with E-state index < -0.39 is 18.0 Å². The van der Waals surface area contributed by atoms with Crippen molar-refractivity contribution in [3.63, 3.8) is 0 Å². The van der Waals surface area contributed by atoms with Crippen molar-refractivity contribution in [1.29, 1.82) is 0 Å². The molecule has 1 atom stereocenters. The summed E-state index contributed by atoms with van der Waals surface area (Å²) in [5.74, 6) is -0.101. The first-order valence-electron chi connectivity index (χ1n) is 6.94. The maximum Gasteiger partial charge on any atom is 0.322 e. The van der Waals surface area contributed by atoms with Gasteiger partial charge in [-0.3, -0.25) is 14.9 Å². The highest BCUT2D eigenvalue weighted by molar-refractivity contribution is 6.04. The lowest BCUT2D eigenvalue weighted by molar-refractivity contribution is -0.120. The lowest BCUT2D eigenvalue weighted by Gasteiger charge is -2.01. The smallest absolute Gasteiger partial charge is 0.322 e. The molecule has 114 valence electrons. The topological polar surface area (TPSA) is 104 Å². The van der Waals surface area contributed by atoms with Crippen molar-refractivity contribution < 1.29 is 14.0 Å². The number of furan rings is 1. The van der Waals surface area contributed by atoms with Crippen LogP contribution in [0, 0.1) is 0 Å². The zero-order valence-electron chi connectivity index (χ0n) is 11.8. The van der Waals surface area contributed by atoms with Crippen LogP contribution in [0.15, 0.2) is 51.9 Å². The molecule has 3 heterocycles. The fraction of sp³-hybridized carbons (Fsp3) is 0.0625. The van der Waals surface area contributed by atoms with Gasteiger partial charge in [0.05, 0.1) is 0 Å². The number of imide groups is 1. The number of nitrogens with one attached hydrogen (secondary N) is 3. The molecule has 7 nitrogen and oxygen atoms in total. The maximum atomic E-state index is 11.9. The van der Waals surface area contributed by atoms with Gasteiger partial charge in [-0.1, -0.05) is 6.07 Å². The molecule has 0 radical (unpaired) electrons. The Morgan fingerprint density at radius 1 is 1.04 bits per heavy atom. The molecular formula is C16H11N3O4. The number of aromatic nitrogens is 1. The summed E-state index contributed by atoms with van der Waals surface area (Å²) in [6.07, 6.45) is 3.21. The first-order chi connectivity index (χ1) is 11.1. The molecule has 0 saturated carbocycles. The average molecular weight is 309 g/mol. The van der Waals surface area contributed by atoms with Gasteiger partial charge in [0.1, 0.15) is 11.3 Å². The number of hydrogen-bond donors (Lipinski definition) is 3. The van der Waals surface area contributed by atoms with Gasteiger partial charge in [-0.25, -0.2) is 4.79 Å². The highest BCUT2D eigenvalue weighted by Crippen LogP contribution is 2.28. The van der Waals surface area contributed by atoms with Gasteiger partial charge in [0, 0.05) is 29.4 Å². The Kier molecular flexibility index (Phi) is 2.80. The number of pyridine rings is 1. The summed E-state index contributed by atoms with van der Waals surface area (Å²) in [6.45, 7) is 0. The number of carbonyl (C=O) groups is 2. The summed E-state index contributed by atoms with van der Waals surface area (Å²) in [6, 6.07) is 7.07. The third kappa shape index (κ3) is 2.18. The van der Waals surface area contributed by atoms with Crippen LogP contribution in [0.25, 0.3) is 22.1 Å². The number of rotatable bonds is 2. The summed E-state index contributed by atoms with van der Waals surface area (Å²) in [4.78, 5) is 37.7. The molecule has 1 aliphatic rings. The molecule has 4 rings (SSSR count). The van der Waals surface area contributed by atoms with E-state index in [2.05, 4.69) is 15.6 Å². The lowest BCUT2D eigenvalue weighted by Crippen LogP contribution is -2.22. The number of fused-ring (bicyclic) bond motifs is 1. The van der Waals surface area contributed by atoms with Crippen LogP contribution < -0.4 is 16.1 Å². The third-order valence-electron chi connectivity index (χ3n) is 3.73. The van der Waals surface area contributed by atoms with Crippen LogP contribution in [0.5, 0.6) is 0 Å². The maximum absolute atomic E-state index is 11.9. The van der Waals surface area contributed by atoms with E-state index in [0.29, 0.717) is 16.9 Å². The molecule has 3 aromatic rings. The molecule has 1 saturated heterocycles. The molecule has 1 fully saturated rings. The first kappa shape index (κ1) is 13.3. The predicted molar refractivity (Wildman–Crippen MR) is 81.7 cm³/mol. The second kappa shape index (κ2) is 4.84. The van der Waals surface area contributed by atoms with Crippen LogP contribution in [0.4, 0.5) is 4.79 Å². The molecule has 0 aliphatic carbocycles. The fourth-order valence-corrected chi connectivity index (χ4v) is 2.63. The van der Waals surface area contributed by atoms with Gasteiger partial charge in [0.15, 0.2) is 11.5 Å². The largest absolute Gasteiger partial charge is 0.458 e. The van der Waals surface area contributed by atoms with E-state index in [0.717, 1.165) is 10.9 Å². The first-order valence-corrected chi connectivity index (χ1v) is 6.94. The molecule has 3 N–H and O–H groups in total. The summed E-state index contributed by atoms with van der Waals surface area (Å²) in [5.41, 5.74) is 1.77. The van der Waals surface area contributed by atoms with Crippen molar-refractivity contribution in [3.8, 4) is 11.1 Å². The zero-order chi connectivity index (χ0) is 16.0. The number of amides is 3. The minimum atomic E-state index is -0.835. The summed E-state index contributed by atoms with van der Waals surface area (Å²) < 4.78 is 5.63. The Labute approximate surface area is 129 Å². The van der Waals surface area contributed by atoms with Crippen LogP contribution in [0.1, 0.15) is 11.8 Å². The van der Waals surface area contributed by atoms with Crippen molar-refractivity contribution in [2.75, 3.05) is 0 Å². The van der Waals surface area contributed by atoms with Gasteiger partial charge >= 0.3 is 6.03 Å². The lowest BCUT2D eigenvalue weighted by atomic mass is 10.1. The Morgan fingerprint density at radius 3 is 2.65 bits per heavy atom. The SMILES string of the molecule is O=C1NC(=O)C(c2cc3cc(-c4c[nH]ccc4=O)ccc3o2)N1. The molecule has 3 amide bonds. The monoisotopic (exact) mass is 309 g/mol. The second-order valence-corrected chi connectivity index (χ2v) is 5.22. The molecule has 1 unspecified atom stereocenters. The third-order valence-corrected chi connectivity index (χ3v) is 3.73. The highest BCUT2D eigenvalue weighted by Gasteiger charge is 2.33. The van der Waals surface area contributed by atoms with E-state index in [4.69, 9.17) is 4.42 Å². The van der Waals surface area contributed by atoms with Gasteiger partial charge in [-0.05, 0) is 23.8 Å². The predicted octanol–water partition coefficient (Wildman–Crippen LogP) is 1.67. The van der Waals surface area contributed by atoms with Gasteiger partial charge in [-0.2, -0.15) is 0 Å². The number of urea groups is 1. The molecule has 7 heteroatoms. The van der Waals surface area contributed by atoms with Crippen molar-refractivity contribution >= 4 is 22.9 Å². The Morgan fingerprint density at radius 2 is 1.91 bits per heavy atom. The van der Waals surface area contributed by atoms with Crippen LogP contribution >= 0.6 is 0 Å². The van der Waals surface area contributed by atoms with Crippen molar-refractivity contribution in [3.05, 3.63) is 58.7 Å². The van der Waals surface area contributed by atoms with Crippen LogP contribution in [-0.2, 0) is 4.79 Å². The average Bonchev–Trinajstić information content (AvgIpc) is 3.09. The molecule has 0 bridgehead atoms. The van der Waals surface area contributed by atoms with Gasteiger partial charge in [0.25, 0.3) is 5.91 Å².